The Labute approximate surface area is 463 Å². The van der Waals surface area contributed by atoms with E-state index in [-0.39, 0.29) is 17.3 Å². The Kier molecular flexibility index (Phi) is 21.1. The summed E-state index contributed by atoms with van der Waals surface area (Å²) < 4.78 is 92.2. The number of nitrogens with zero attached hydrogens (tertiary/aromatic N) is 6. The molecule has 2 aromatic carbocycles. The van der Waals surface area contributed by atoms with E-state index in [9.17, 15) is 41.0 Å². The number of allylic oxidation sites excluding steroid dienone is 1. The predicted molar refractivity (Wildman–Crippen MR) is 299 cm³/mol. The molecule has 0 atom stereocenters. The number of carbonyl (C=O) groups excluding carboxylic acids is 1. The third-order valence-corrected chi connectivity index (χ3v) is 14.5. The zero-order valence-corrected chi connectivity index (χ0v) is 47.0. The molecular formula is C59H66F6N6O6S2. The van der Waals surface area contributed by atoms with E-state index in [1.165, 1.54) is 53.1 Å². The molecule has 20 heteroatoms. The highest BCUT2D eigenvalue weighted by Gasteiger charge is 2.31. The van der Waals surface area contributed by atoms with E-state index in [4.69, 9.17) is 24.5 Å². The van der Waals surface area contributed by atoms with Crippen LogP contribution in [0.2, 0.25) is 0 Å². The summed E-state index contributed by atoms with van der Waals surface area (Å²) in [7, 11) is 0. The fourth-order valence-electron chi connectivity index (χ4n) is 8.41. The van der Waals surface area contributed by atoms with Crippen molar-refractivity contribution in [3.05, 3.63) is 142 Å². The summed E-state index contributed by atoms with van der Waals surface area (Å²) in [5.41, 5.74) is 4.79. The zero-order valence-electron chi connectivity index (χ0n) is 45.4. The Bertz CT molecular complexity index is 3320. The first-order valence-corrected chi connectivity index (χ1v) is 27.7. The summed E-state index contributed by atoms with van der Waals surface area (Å²) in [6.07, 6.45) is 8.03. The number of hydrogen-bond acceptors (Lipinski definition) is 11. The molecule has 0 saturated heterocycles. The number of fused-ring (bicyclic) bond motifs is 2. The van der Waals surface area contributed by atoms with Gasteiger partial charge in [0, 0.05) is 61.6 Å². The molecule has 12 nitrogen and oxygen atoms in total. The minimum atomic E-state index is -4.38. The number of aromatic hydroxyl groups is 1. The number of aryl methyl sites for hydroxylation is 3. The van der Waals surface area contributed by atoms with E-state index in [0.717, 1.165) is 130 Å². The number of carboxylic acid groups (broad SMARTS) is 1. The van der Waals surface area contributed by atoms with E-state index in [2.05, 4.69) is 30.4 Å². The van der Waals surface area contributed by atoms with Crippen LogP contribution in [0, 0.1) is 0 Å². The number of pyridine rings is 2. The summed E-state index contributed by atoms with van der Waals surface area (Å²) >= 11 is 2.98. The highest BCUT2D eigenvalue weighted by atomic mass is 32.1. The Morgan fingerprint density at radius 1 is 0.671 bits per heavy atom. The van der Waals surface area contributed by atoms with Crippen LogP contribution in [-0.4, -0.2) is 63.4 Å². The summed E-state index contributed by atoms with van der Waals surface area (Å²) in [6.45, 7) is 18.0. The van der Waals surface area contributed by atoms with Crippen molar-refractivity contribution < 1.29 is 55.6 Å². The quantitative estimate of drug-likeness (QED) is 0.0428. The number of unbranched alkanes of at least 4 members (excludes halogenated alkanes) is 2. The number of ether oxygens (including phenoxy) is 2. The fourth-order valence-corrected chi connectivity index (χ4v) is 10.6. The van der Waals surface area contributed by atoms with Gasteiger partial charge in [0.1, 0.15) is 38.4 Å². The topological polar surface area (TPSA) is 154 Å². The number of aliphatic carboxylic acids is 1. The molecule has 0 fully saturated rings. The minimum Gasteiger partial charge on any atom is -0.506 e. The number of carboxylic acids is 1. The van der Waals surface area contributed by atoms with Gasteiger partial charge in [0.15, 0.2) is 6.61 Å². The number of halogens is 6. The molecule has 0 aliphatic carbocycles. The molecular weight excluding hydrogens is 1070 g/mol. The zero-order chi connectivity index (χ0) is 57.7. The first-order chi connectivity index (χ1) is 37.5. The summed E-state index contributed by atoms with van der Waals surface area (Å²) in [5, 5.41) is 22.4. The minimum absolute atomic E-state index is 0.137. The first kappa shape index (κ1) is 61.2. The van der Waals surface area contributed by atoms with Crippen molar-refractivity contribution in [1.82, 2.24) is 29.1 Å². The number of alkyl halides is 6. The van der Waals surface area contributed by atoms with E-state index in [1.807, 2.05) is 61.4 Å². The molecule has 8 aromatic rings. The van der Waals surface area contributed by atoms with Crippen LogP contribution in [0.5, 0.6) is 11.5 Å². The van der Waals surface area contributed by atoms with Crippen molar-refractivity contribution in [2.45, 2.75) is 144 Å². The number of rotatable bonds is 20. The van der Waals surface area contributed by atoms with Crippen LogP contribution in [0.3, 0.4) is 0 Å². The number of carbonyl (C=O) groups is 2. The standard InChI is InChI=1S/C27H28F3N3O3S.C25H24F3N3OS.C7H14O2/c1-3-5-7-21-23(37-26(32-21)17-8-10-18(11-9-17)27(28,29)30)15-33-13-12-20-19(6-4-2)22(14-31-25(20)33)36-16-24(34)35;1-3-5-7-20-22(33-24(30-20)16-8-10-17(11-9-16)25(26,27)28)15-31-13-12-19-18(6-4-2)21(32)14-29-23(19)31;1-5-6(8)9-7(2,3)4/h8-14H,3-7,15-16H2,1-2H3,(H,34,35);4,8-14,32H,2-3,5-7,15H2,1H3;5H2,1-4H3. The van der Waals surface area contributed by atoms with Crippen molar-refractivity contribution in [1.29, 1.82) is 0 Å². The predicted octanol–water partition coefficient (Wildman–Crippen LogP) is 15.7. The van der Waals surface area contributed by atoms with Crippen LogP contribution >= 0.6 is 22.7 Å². The first-order valence-electron chi connectivity index (χ1n) is 26.1. The van der Waals surface area contributed by atoms with Crippen molar-refractivity contribution in [3.63, 3.8) is 0 Å². The lowest BCUT2D eigenvalue weighted by Crippen LogP contribution is -2.23. The van der Waals surface area contributed by atoms with Gasteiger partial charge in [-0.15, -0.1) is 29.3 Å². The summed E-state index contributed by atoms with van der Waals surface area (Å²) in [5.74, 6) is -0.567. The second kappa shape index (κ2) is 27.2. The lowest BCUT2D eigenvalue weighted by atomic mass is 10.1. The van der Waals surface area contributed by atoms with Gasteiger partial charge in [-0.25, -0.2) is 24.7 Å². The third-order valence-electron chi connectivity index (χ3n) is 12.3. The van der Waals surface area contributed by atoms with Crippen molar-refractivity contribution in [2.24, 2.45) is 0 Å². The molecule has 0 unspecified atom stereocenters. The molecule has 2 N–H and O–H groups in total. The molecule has 0 radical (unpaired) electrons. The van der Waals surface area contributed by atoms with Crippen LogP contribution < -0.4 is 4.74 Å². The molecule has 0 bridgehead atoms. The number of aromatic nitrogens is 6. The SMILES string of the molecule is C=CCc1c(O)cnc2c1ccn2Cc1sc(-c2ccc(C(F)(F)F)cc2)nc1CCCC.CCC(=O)OC(C)(C)C.CCCCc1nc(-c2ccc(C(F)(F)F)cc2)sc1Cn1ccc2c(CCC)c(OCC(=O)O)cnc21. The number of thiazole rings is 2. The molecule has 0 amide bonds. The van der Waals surface area contributed by atoms with Gasteiger partial charge in [-0.2, -0.15) is 26.3 Å². The van der Waals surface area contributed by atoms with Gasteiger partial charge in [-0.05, 0) is 95.7 Å². The van der Waals surface area contributed by atoms with Gasteiger partial charge >= 0.3 is 24.3 Å². The van der Waals surface area contributed by atoms with Gasteiger partial charge in [-0.1, -0.05) is 77.3 Å². The molecule has 79 heavy (non-hydrogen) atoms. The maximum absolute atomic E-state index is 13.0. The van der Waals surface area contributed by atoms with Gasteiger partial charge in [-0.3, -0.25) is 4.79 Å². The molecule has 0 spiro atoms. The van der Waals surface area contributed by atoms with E-state index < -0.39 is 36.1 Å². The maximum Gasteiger partial charge on any atom is 0.416 e. The Hall–Kier alpha value is -7.06. The molecule has 422 valence electrons. The van der Waals surface area contributed by atoms with Crippen LogP contribution in [0.15, 0.2) is 98.1 Å². The second-order valence-corrected chi connectivity index (χ2v) is 21.8. The second-order valence-electron chi connectivity index (χ2n) is 19.6. The average Bonchev–Trinajstić information content (AvgIpc) is 4.33. The molecule has 6 aromatic heterocycles. The number of esters is 1. The van der Waals surface area contributed by atoms with E-state index >= 15 is 0 Å². The Morgan fingerprint density at radius 2 is 1.14 bits per heavy atom. The maximum atomic E-state index is 13.0. The molecule has 8 rings (SSSR count). The van der Waals surface area contributed by atoms with Gasteiger partial charge in [0.2, 0.25) is 0 Å². The summed E-state index contributed by atoms with van der Waals surface area (Å²) in [4.78, 5) is 42.2. The largest absolute Gasteiger partial charge is 0.506 e. The number of hydrogen-bond donors (Lipinski definition) is 2. The van der Waals surface area contributed by atoms with Gasteiger partial charge in [0.05, 0.1) is 48.0 Å². The van der Waals surface area contributed by atoms with Crippen molar-refractivity contribution in [3.8, 4) is 32.6 Å². The molecule has 6 heterocycles. The van der Waals surface area contributed by atoms with Crippen LogP contribution in [0.25, 0.3) is 43.2 Å². The molecule has 0 saturated carbocycles. The third kappa shape index (κ3) is 16.5. The summed E-state index contributed by atoms with van der Waals surface area (Å²) in [6, 6.07) is 14.2. The van der Waals surface area contributed by atoms with E-state index in [0.29, 0.717) is 52.8 Å². The monoisotopic (exact) mass is 1130 g/mol. The van der Waals surface area contributed by atoms with Gasteiger partial charge < -0.3 is 28.8 Å². The van der Waals surface area contributed by atoms with E-state index in [1.54, 1.807) is 19.2 Å². The highest BCUT2D eigenvalue weighted by molar-refractivity contribution is 7.15. The Balaban J connectivity index is 0.000000222. The number of benzene rings is 2. The van der Waals surface area contributed by atoms with Crippen LogP contribution in [0.4, 0.5) is 26.3 Å². The van der Waals surface area contributed by atoms with Crippen molar-refractivity contribution in [2.75, 3.05) is 6.61 Å². The normalized spacial score (nSPS) is 11.8. The van der Waals surface area contributed by atoms with Crippen LogP contribution in [-0.2, 0) is 65.5 Å². The van der Waals surface area contributed by atoms with Gasteiger partial charge in [0.25, 0.3) is 0 Å². The fraction of sp³-hybridized carbons (Fsp3) is 0.390. The Morgan fingerprint density at radius 3 is 1.53 bits per heavy atom. The molecule has 0 aliphatic heterocycles. The highest BCUT2D eigenvalue weighted by Crippen LogP contribution is 2.37. The molecule has 0 aliphatic rings. The lowest BCUT2D eigenvalue weighted by molar-refractivity contribution is -0.154. The average molecular weight is 1130 g/mol. The lowest BCUT2D eigenvalue weighted by Gasteiger charge is -2.18. The van der Waals surface area contributed by atoms with Crippen LogP contribution in [0.1, 0.15) is 130 Å². The smallest absolute Gasteiger partial charge is 0.416 e. The van der Waals surface area contributed by atoms with Crippen molar-refractivity contribution >= 4 is 56.7 Å².